The molecule has 0 aliphatic heterocycles. The molecule has 0 amide bonds. The maximum atomic E-state index is 2.51. The highest BCUT2D eigenvalue weighted by atomic mass is 14.4. The van der Waals surface area contributed by atoms with Crippen molar-refractivity contribution >= 4 is 6.71 Å². The van der Waals surface area contributed by atoms with Gasteiger partial charge in [0.2, 0.25) is 0 Å². The van der Waals surface area contributed by atoms with E-state index in [0.717, 1.165) is 36.2 Å². The van der Waals surface area contributed by atoms with Crippen molar-refractivity contribution in [3.63, 3.8) is 0 Å². The normalized spacial score (nSPS) is 39.0. The molecule has 0 heterocycles. The fraction of sp³-hybridized carbons (Fsp3) is 1.00. The number of hydrogen-bond acceptors (Lipinski definition) is 0. The van der Waals surface area contributed by atoms with Crippen molar-refractivity contribution < 1.29 is 0 Å². The topological polar surface area (TPSA) is 0 Å². The predicted molar refractivity (Wildman–Crippen MR) is 74.2 cm³/mol. The van der Waals surface area contributed by atoms with Gasteiger partial charge in [-0.25, -0.2) is 0 Å². The molecule has 1 heteroatoms. The summed E-state index contributed by atoms with van der Waals surface area (Å²) < 4.78 is 0. The van der Waals surface area contributed by atoms with Crippen LogP contribution >= 0.6 is 0 Å². The molecule has 4 unspecified atom stereocenters. The third kappa shape index (κ3) is 2.84. The molecule has 0 aromatic heterocycles. The minimum absolute atomic E-state index is 0.901. The van der Waals surface area contributed by atoms with Crippen LogP contribution in [0, 0.1) is 23.7 Å². The second-order valence-corrected chi connectivity index (χ2v) is 7.02. The van der Waals surface area contributed by atoms with E-state index in [-0.39, 0.29) is 0 Å². The van der Waals surface area contributed by atoms with Crippen molar-refractivity contribution in [1.29, 1.82) is 0 Å². The zero-order valence-electron chi connectivity index (χ0n) is 11.7. The Morgan fingerprint density at radius 1 is 1.06 bits per heavy atom. The van der Waals surface area contributed by atoms with Gasteiger partial charge in [0, 0.05) is 0 Å². The summed E-state index contributed by atoms with van der Waals surface area (Å²) >= 11 is 0. The molecular formula is C15H29B. The van der Waals surface area contributed by atoms with Gasteiger partial charge in [-0.2, -0.15) is 0 Å². The number of rotatable bonds is 5. The van der Waals surface area contributed by atoms with Gasteiger partial charge in [-0.1, -0.05) is 71.8 Å². The van der Waals surface area contributed by atoms with Crippen molar-refractivity contribution in [2.45, 2.75) is 71.8 Å². The van der Waals surface area contributed by atoms with Gasteiger partial charge in [0.05, 0.1) is 0 Å². The number of hydrogen-bond donors (Lipinski definition) is 0. The van der Waals surface area contributed by atoms with Crippen LogP contribution in [-0.2, 0) is 0 Å². The van der Waals surface area contributed by atoms with Gasteiger partial charge >= 0.3 is 0 Å². The van der Waals surface area contributed by atoms with E-state index in [1.165, 1.54) is 38.5 Å². The van der Waals surface area contributed by atoms with Crippen LogP contribution in [0.2, 0.25) is 19.5 Å². The van der Waals surface area contributed by atoms with Gasteiger partial charge in [-0.15, -0.1) is 0 Å². The quantitative estimate of drug-likeness (QED) is 0.573. The highest BCUT2D eigenvalue weighted by molar-refractivity contribution is 6.57. The second-order valence-electron chi connectivity index (χ2n) is 7.02. The van der Waals surface area contributed by atoms with Crippen LogP contribution in [0.15, 0.2) is 0 Å². The van der Waals surface area contributed by atoms with E-state index < -0.39 is 0 Å². The largest absolute Gasteiger partial charge is 0.137 e. The SMILES string of the molecule is CB(C)C1CC(C)C(C)C1CCCC1CC1. The van der Waals surface area contributed by atoms with Crippen LogP contribution in [-0.4, -0.2) is 6.71 Å². The Balaban J connectivity index is 1.82. The van der Waals surface area contributed by atoms with E-state index in [1.807, 2.05) is 0 Å². The molecule has 2 aliphatic rings. The summed E-state index contributed by atoms with van der Waals surface area (Å²) in [6.45, 7) is 10.8. The first-order valence-electron chi connectivity index (χ1n) is 7.59. The Morgan fingerprint density at radius 3 is 2.31 bits per heavy atom. The van der Waals surface area contributed by atoms with Gasteiger partial charge in [-0.3, -0.25) is 0 Å². The molecule has 0 saturated heterocycles. The standard InChI is InChI=1S/C15H29B/c1-11-10-15(16(3)4)14(12(11)2)7-5-6-13-8-9-13/h11-15H,5-10H2,1-4H3. The average molecular weight is 220 g/mol. The first kappa shape index (κ1) is 12.5. The van der Waals surface area contributed by atoms with Crippen molar-refractivity contribution in [2.75, 3.05) is 0 Å². The average Bonchev–Trinajstić information content (AvgIpc) is 2.99. The fourth-order valence-corrected chi connectivity index (χ4v) is 3.92. The molecule has 0 bridgehead atoms. The van der Waals surface area contributed by atoms with Crippen molar-refractivity contribution in [3.8, 4) is 0 Å². The van der Waals surface area contributed by atoms with Crippen molar-refractivity contribution in [2.24, 2.45) is 23.7 Å². The van der Waals surface area contributed by atoms with E-state index >= 15 is 0 Å². The molecule has 0 aromatic rings. The molecule has 2 fully saturated rings. The van der Waals surface area contributed by atoms with E-state index in [2.05, 4.69) is 27.5 Å². The van der Waals surface area contributed by atoms with Crippen LogP contribution in [0.4, 0.5) is 0 Å². The molecule has 4 atom stereocenters. The first-order valence-corrected chi connectivity index (χ1v) is 7.59. The summed E-state index contributed by atoms with van der Waals surface area (Å²) in [5.41, 5.74) is 0. The maximum absolute atomic E-state index is 2.51. The summed E-state index contributed by atoms with van der Waals surface area (Å²) in [6.07, 6.45) is 9.12. The summed E-state index contributed by atoms with van der Waals surface area (Å²) in [6, 6.07) is 0. The molecule has 2 rings (SSSR count). The summed E-state index contributed by atoms with van der Waals surface area (Å²) in [5, 5.41) is 0. The Bertz CT molecular complexity index is 219. The minimum atomic E-state index is 0.901. The smallest absolute Gasteiger partial charge is 0.0861 e. The zero-order chi connectivity index (χ0) is 11.7. The van der Waals surface area contributed by atoms with Crippen molar-refractivity contribution in [3.05, 3.63) is 0 Å². The third-order valence-corrected chi connectivity index (χ3v) is 5.47. The highest BCUT2D eigenvalue weighted by Crippen LogP contribution is 2.49. The van der Waals surface area contributed by atoms with Gasteiger partial charge in [0.15, 0.2) is 0 Å². The lowest BCUT2D eigenvalue weighted by molar-refractivity contribution is 0.328. The molecule has 2 saturated carbocycles. The molecule has 2 aliphatic carbocycles. The Labute approximate surface area is 103 Å². The molecule has 0 radical (unpaired) electrons. The van der Waals surface area contributed by atoms with Crippen molar-refractivity contribution in [1.82, 2.24) is 0 Å². The highest BCUT2D eigenvalue weighted by Gasteiger charge is 2.39. The van der Waals surface area contributed by atoms with E-state index in [4.69, 9.17) is 0 Å². The van der Waals surface area contributed by atoms with Crippen LogP contribution in [0.1, 0.15) is 52.4 Å². The lowest BCUT2D eigenvalue weighted by Gasteiger charge is -2.25. The Kier molecular flexibility index (Phi) is 4.03. The predicted octanol–water partition coefficient (Wildman–Crippen LogP) is 4.98. The van der Waals surface area contributed by atoms with E-state index in [0.29, 0.717) is 0 Å². The molecule has 0 spiro atoms. The molecule has 0 nitrogen and oxygen atoms in total. The third-order valence-electron chi connectivity index (χ3n) is 5.47. The Morgan fingerprint density at radius 2 is 1.75 bits per heavy atom. The van der Waals surface area contributed by atoms with Gasteiger partial charge in [-0.05, 0) is 23.7 Å². The Hall–Kier alpha value is 0.0649. The van der Waals surface area contributed by atoms with Crippen LogP contribution in [0.25, 0.3) is 0 Å². The van der Waals surface area contributed by atoms with Crippen LogP contribution in [0.5, 0.6) is 0 Å². The lowest BCUT2D eigenvalue weighted by atomic mass is 9.42. The molecule has 16 heavy (non-hydrogen) atoms. The fourth-order valence-electron chi connectivity index (χ4n) is 3.92. The molecular weight excluding hydrogens is 191 g/mol. The van der Waals surface area contributed by atoms with Crippen LogP contribution in [0.3, 0.4) is 0 Å². The molecule has 0 N–H and O–H groups in total. The molecule has 92 valence electrons. The summed E-state index contributed by atoms with van der Waals surface area (Å²) in [7, 11) is 0. The maximum Gasteiger partial charge on any atom is 0.137 e. The lowest BCUT2D eigenvalue weighted by Crippen LogP contribution is -2.19. The van der Waals surface area contributed by atoms with Gasteiger partial charge in [0.1, 0.15) is 6.71 Å². The minimum Gasteiger partial charge on any atom is -0.0861 e. The van der Waals surface area contributed by atoms with E-state index in [9.17, 15) is 0 Å². The monoisotopic (exact) mass is 220 g/mol. The zero-order valence-corrected chi connectivity index (χ0v) is 11.7. The summed E-state index contributed by atoms with van der Waals surface area (Å²) in [4.78, 5) is 0. The second kappa shape index (κ2) is 5.15. The summed E-state index contributed by atoms with van der Waals surface area (Å²) in [5.74, 6) is 5.13. The molecule has 0 aromatic carbocycles. The first-order chi connectivity index (χ1) is 7.59. The van der Waals surface area contributed by atoms with Gasteiger partial charge < -0.3 is 0 Å². The van der Waals surface area contributed by atoms with Gasteiger partial charge in [0.25, 0.3) is 0 Å². The van der Waals surface area contributed by atoms with E-state index in [1.54, 1.807) is 0 Å². The van der Waals surface area contributed by atoms with Crippen LogP contribution < -0.4 is 0 Å².